The molecule has 1 saturated heterocycles. The summed E-state index contributed by atoms with van der Waals surface area (Å²) in [7, 11) is 3.26. The number of rotatable bonds is 8. The van der Waals surface area contributed by atoms with Crippen LogP contribution in [0.5, 0.6) is 5.88 Å². The third kappa shape index (κ3) is 6.13. The molecule has 12 heteroatoms. The number of hydrogen-bond acceptors (Lipinski definition) is 9. The van der Waals surface area contributed by atoms with Gasteiger partial charge in [0.15, 0.2) is 0 Å². The molecule has 3 aromatic heterocycles. The van der Waals surface area contributed by atoms with Crippen LogP contribution in [0.4, 0.5) is 11.5 Å². The number of carbonyl (C=O) groups is 1. The number of aromatic nitrogens is 4. The molecule has 0 radical (unpaired) electrons. The van der Waals surface area contributed by atoms with Crippen molar-refractivity contribution < 1.29 is 14.3 Å². The Kier molecular flexibility index (Phi) is 9.28. The van der Waals surface area contributed by atoms with Crippen LogP contribution in [-0.4, -0.2) is 57.4 Å². The lowest BCUT2D eigenvalue weighted by Crippen LogP contribution is -2.38. The van der Waals surface area contributed by atoms with Crippen molar-refractivity contribution in [2.24, 2.45) is 13.0 Å². The molecule has 1 unspecified atom stereocenters. The van der Waals surface area contributed by atoms with Crippen LogP contribution in [0.2, 0.25) is 10.0 Å². The Morgan fingerprint density at radius 3 is 2.51 bits per heavy atom. The van der Waals surface area contributed by atoms with Crippen LogP contribution in [0.1, 0.15) is 43.4 Å². The molecule has 10 nitrogen and oxygen atoms in total. The lowest BCUT2D eigenvalue weighted by molar-refractivity contribution is -0.149. The number of nitrogens with zero attached hydrogens (tertiary/aromatic N) is 5. The summed E-state index contributed by atoms with van der Waals surface area (Å²) in [6.07, 6.45) is 6.67. The molecule has 1 aliphatic carbocycles. The third-order valence-electron chi connectivity index (χ3n) is 9.59. The van der Waals surface area contributed by atoms with Crippen LogP contribution in [-0.2, 0) is 23.0 Å². The Labute approximate surface area is 294 Å². The fourth-order valence-electron chi connectivity index (χ4n) is 7.12. The minimum absolute atomic E-state index is 0.0413. The van der Waals surface area contributed by atoms with E-state index >= 15 is 0 Å². The number of halogens is 2. The highest BCUT2D eigenvalue weighted by atomic mass is 35.5. The summed E-state index contributed by atoms with van der Waals surface area (Å²) in [6, 6.07) is 15.5. The van der Waals surface area contributed by atoms with Crippen LogP contribution < -0.4 is 15.6 Å². The number of nitrogens with one attached hydrogen (secondary N) is 1. The predicted octanol–water partition coefficient (Wildman–Crippen LogP) is 7.38. The van der Waals surface area contributed by atoms with Gasteiger partial charge in [0.2, 0.25) is 5.88 Å². The van der Waals surface area contributed by atoms with E-state index in [9.17, 15) is 9.59 Å². The Hall–Kier alpha value is -4.51. The van der Waals surface area contributed by atoms with Gasteiger partial charge in [-0.2, -0.15) is 5.10 Å². The number of anilines is 2. The molecule has 49 heavy (non-hydrogen) atoms. The summed E-state index contributed by atoms with van der Waals surface area (Å²) in [4.78, 5) is 37.1. The number of likely N-dealkylation sites (tertiary alicyclic amines) is 1. The van der Waals surface area contributed by atoms with Crippen molar-refractivity contribution in [2.75, 3.05) is 32.1 Å². The molecule has 2 aliphatic rings. The zero-order valence-electron chi connectivity index (χ0n) is 27.5. The second-order valence-corrected chi connectivity index (χ2v) is 13.1. The van der Waals surface area contributed by atoms with Gasteiger partial charge in [0.05, 0.1) is 52.6 Å². The Morgan fingerprint density at radius 2 is 1.76 bits per heavy atom. The first-order valence-corrected chi connectivity index (χ1v) is 17.2. The van der Waals surface area contributed by atoms with Crippen LogP contribution in [0.3, 0.4) is 0 Å². The zero-order chi connectivity index (χ0) is 34.2. The maximum atomic E-state index is 12.9. The normalized spacial score (nSPS) is 16.5. The molecule has 2 aromatic carbocycles. The number of piperidine rings is 1. The molecule has 5 aromatic rings. The van der Waals surface area contributed by atoms with Crippen molar-refractivity contribution in [2.45, 2.75) is 38.6 Å². The van der Waals surface area contributed by atoms with E-state index < -0.39 is 0 Å². The van der Waals surface area contributed by atoms with Crippen LogP contribution in [0.25, 0.3) is 33.2 Å². The van der Waals surface area contributed by atoms with E-state index in [2.05, 4.69) is 26.4 Å². The van der Waals surface area contributed by atoms with Gasteiger partial charge in [0.25, 0.3) is 5.56 Å². The highest BCUT2D eigenvalue weighted by molar-refractivity contribution is 6.39. The van der Waals surface area contributed by atoms with Gasteiger partial charge in [0, 0.05) is 46.9 Å². The highest BCUT2D eigenvalue weighted by Crippen LogP contribution is 2.46. The van der Waals surface area contributed by atoms with E-state index in [1.54, 1.807) is 32.6 Å². The molecule has 1 N–H and O–H groups in total. The molecule has 0 bridgehead atoms. The minimum Gasteiger partial charge on any atom is -0.481 e. The van der Waals surface area contributed by atoms with E-state index in [0.29, 0.717) is 50.4 Å². The molecule has 0 amide bonds. The van der Waals surface area contributed by atoms with Crippen molar-refractivity contribution in [3.63, 3.8) is 0 Å². The summed E-state index contributed by atoms with van der Waals surface area (Å²) in [5.41, 5.74) is 5.55. The average molecular weight is 700 g/mol. The molecule has 0 spiro atoms. The molecule has 0 saturated carbocycles. The molecule has 1 fully saturated rings. The van der Waals surface area contributed by atoms with Gasteiger partial charge >= 0.3 is 5.97 Å². The number of pyridine rings is 2. The van der Waals surface area contributed by atoms with Crippen molar-refractivity contribution in [1.29, 1.82) is 0 Å². The number of esters is 1. The monoisotopic (exact) mass is 698 g/mol. The quantitative estimate of drug-likeness (QED) is 0.166. The first-order valence-electron chi connectivity index (χ1n) is 16.4. The summed E-state index contributed by atoms with van der Waals surface area (Å²) in [6.45, 7) is 3.91. The number of fused-ring (bicyclic) bond motifs is 2. The molecular formula is C37H36Cl2N6O4. The predicted molar refractivity (Wildman–Crippen MR) is 192 cm³/mol. The number of carbonyl (C=O) groups excluding carboxylic acids is 1. The van der Waals surface area contributed by atoms with E-state index in [1.165, 1.54) is 10.2 Å². The van der Waals surface area contributed by atoms with E-state index in [0.717, 1.165) is 61.2 Å². The zero-order valence-corrected chi connectivity index (χ0v) is 29.0. The van der Waals surface area contributed by atoms with Crippen molar-refractivity contribution >= 4 is 51.4 Å². The number of benzene rings is 2. The van der Waals surface area contributed by atoms with Gasteiger partial charge < -0.3 is 14.8 Å². The van der Waals surface area contributed by atoms with Gasteiger partial charge in [-0.05, 0) is 69.5 Å². The van der Waals surface area contributed by atoms with E-state index in [-0.39, 0.29) is 23.5 Å². The molecule has 1 aliphatic heterocycles. The average Bonchev–Trinajstić information content (AvgIpc) is 3.55. The molecule has 1 atom stereocenters. The molecular weight excluding hydrogens is 663 g/mol. The fourth-order valence-corrected chi connectivity index (χ4v) is 7.72. The second kappa shape index (κ2) is 13.8. The second-order valence-electron chi connectivity index (χ2n) is 12.4. The molecule has 7 rings (SSSR count). The molecule has 252 valence electrons. The third-order valence-corrected chi connectivity index (χ3v) is 10.4. The maximum Gasteiger partial charge on any atom is 0.309 e. The van der Waals surface area contributed by atoms with Gasteiger partial charge in [-0.25, -0.2) is 14.6 Å². The SMILES string of the molecule is CCOC(=O)C1CCN(C2CCc3cc(-c4cccc(-c5cccc(Nc6nccc7cnn(C)c(=O)c67)c5Cl)c4Cl)nc(OC)c32)CC1. The van der Waals surface area contributed by atoms with Gasteiger partial charge in [0.1, 0.15) is 5.82 Å². The number of methoxy groups -OCH3 is 1. The van der Waals surface area contributed by atoms with Crippen molar-refractivity contribution in [1.82, 2.24) is 24.6 Å². The van der Waals surface area contributed by atoms with Gasteiger partial charge in [-0.3, -0.25) is 14.5 Å². The lowest BCUT2D eigenvalue weighted by Gasteiger charge is -2.35. The Morgan fingerprint density at radius 1 is 1.02 bits per heavy atom. The smallest absolute Gasteiger partial charge is 0.309 e. The summed E-state index contributed by atoms with van der Waals surface area (Å²) in [5, 5.41) is 9.41. The van der Waals surface area contributed by atoms with E-state index in [1.807, 2.05) is 43.3 Å². The highest BCUT2D eigenvalue weighted by Gasteiger charge is 2.36. The van der Waals surface area contributed by atoms with Crippen LogP contribution in [0.15, 0.2) is 65.7 Å². The number of hydrogen-bond donors (Lipinski definition) is 1. The fraction of sp³-hybridized carbons (Fsp3) is 0.324. The van der Waals surface area contributed by atoms with Gasteiger partial charge in [-0.1, -0.05) is 53.5 Å². The standard InChI is InChI=1S/C37H36Cl2N6O4/c1-4-49-37(47)21-14-17-45(18-15-21)29-12-11-22-19-28(43-35(48-3)30(22)29)26-9-5-7-24(32(26)38)25-8-6-10-27(33(25)39)42-34-31-23(13-16-40-34)20-41-44(2)36(31)46/h5-10,13,16,19-21,29H,4,11-12,14-15,17-18H2,1-3H3,(H,40,42). The Bertz CT molecular complexity index is 2130. The van der Waals surface area contributed by atoms with Crippen LogP contribution >= 0.6 is 23.2 Å². The first-order chi connectivity index (χ1) is 23.8. The largest absolute Gasteiger partial charge is 0.481 e. The summed E-state index contributed by atoms with van der Waals surface area (Å²) in [5.74, 6) is 0.848. The van der Waals surface area contributed by atoms with Crippen molar-refractivity contribution in [3.8, 4) is 28.3 Å². The lowest BCUT2D eigenvalue weighted by atomic mass is 9.94. The molecule has 4 heterocycles. The van der Waals surface area contributed by atoms with E-state index in [4.69, 9.17) is 37.7 Å². The van der Waals surface area contributed by atoms with Crippen LogP contribution in [0, 0.1) is 5.92 Å². The maximum absolute atomic E-state index is 12.9. The summed E-state index contributed by atoms with van der Waals surface area (Å²) < 4.78 is 12.5. The topological polar surface area (TPSA) is 111 Å². The van der Waals surface area contributed by atoms with Crippen molar-refractivity contribution in [3.05, 3.63) is 92.5 Å². The van der Waals surface area contributed by atoms with Gasteiger partial charge in [-0.15, -0.1) is 0 Å². The number of aryl methyl sites for hydroxylation is 2. The first kappa shape index (κ1) is 33.0. The minimum atomic E-state index is -0.265. The Balaban J connectivity index is 1.19. The number of ether oxygens (including phenoxy) is 2. The summed E-state index contributed by atoms with van der Waals surface area (Å²) >= 11 is 14.2.